The van der Waals surface area contributed by atoms with Gasteiger partial charge in [-0.25, -0.2) is 4.98 Å². The van der Waals surface area contributed by atoms with Crippen LogP contribution >= 0.6 is 11.3 Å². The lowest BCUT2D eigenvalue weighted by atomic mass is 9.92. The van der Waals surface area contributed by atoms with Gasteiger partial charge < -0.3 is 5.32 Å². The first-order valence-electron chi connectivity index (χ1n) is 6.71. The number of hydrogen-bond acceptors (Lipinski definition) is 3. The van der Waals surface area contributed by atoms with Crippen molar-refractivity contribution < 1.29 is 0 Å². The van der Waals surface area contributed by atoms with Crippen LogP contribution < -0.4 is 5.32 Å². The molecule has 0 amide bonds. The van der Waals surface area contributed by atoms with E-state index < -0.39 is 0 Å². The molecule has 1 saturated heterocycles. The summed E-state index contributed by atoms with van der Waals surface area (Å²) in [5.41, 5.74) is 1.45. The molecule has 0 bridgehead atoms. The average molecular weight is 252 g/mol. The molecule has 1 N–H and O–H groups in total. The van der Waals surface area contributed by atoms with Crippen LogP contribution in [0.2, 0.25) is 0 Å². The van der Waals surface area contributed by atoms with Crippen molar-refractivity contribution >= 4 is 11.3 Å². The van der Waals surface area contributed by atoms with Gasteiger partial charge in [0.1, 0.15) is 0 Å². The predicted molar refractivity (Wildman–Crippen MR) is 74.7 cm³/mol. The number of nitrogens with one attached hydrogen (secondary N) is 1. The Hall–Kier alpha value is -0.410. The van der Waals surface area contributed by atoms with E-state index >= 15 is 0 Å². The molecule has 1 aromatic heterocycles. The van der Waals surface area contributed by atoms with Gasteiger partial charge in [-0.2, -0.15) is 0 Å². The Morgan fingerprint density at radius 2 is 2.06 bits per heavy atom. The van der Waals surface area contributed by atoms with Crippen molar-refractivity contribution in [2.45, 2.75) is 51.9 Å². The maximum absolute atomic E-state index is 4.77. The molecule has 0 saturated carbocycles. The Bertz CT molecular complexity index is 345. The number of nitrogens with zero attached hydrogens (tertiary/aromatic N) is 1. The van der Waals surface area contributed by atoms with Crippen LogP contribution in [0.15, 0.2) is 5.38 Å². The number of thiazole rings is 1. The topological polar surface area (TPSA) is 24.9 Å². The third-order valence-corrected chi connectivity index (χ3v) is 4.45. The molecule has 3 heteroatoms. The molecule has 1 aliphatic heterocycles. The predicted octanol–water partition coefficient (Wildman–Crippen LogP) is 3.37. The Labute approximate surface area is 109 Å². The van der Waals surface area contributed by atoms with E-state index in [1.54, 1.807) is 0 Å². The monoisotopic (exact) mass is 252 g/mol. The van der Waals surface area contributed by atoms with Gasteiger partial charge in [0.25, 0.3) is 0 Å². The van der Waals surface area contributed by atoms with Crippen LogP contribution in [0.3, 0.4) is 0 Å². The number of aromatic nitrogens is 1. The van der Waals surface area contributed by atoms with Crippen LogP contribution in [0.25, 0.3) is 0 Å². The zero-order chi connectivity index (χ0) is 12.3. The zero-order valence-electron chi connectivity index (χ0n) is 11.3. The Kier molecular flexibility index (Phi) is 4.21. The molecule has 1 aliphatic rings. The molecule has 0 spiro atoms. The van der Waals surface area contributed by atoms with Crippen LogP contribution in [0.1, 0.15) is 50.7 Å². The van der Waals surface area contributed by atoms with Gasteiger partial charge in [0, 0.05) is 10.8 Å². The molecule has 0 atom stereocenters. The molecule has 17 heavy (non-hydrogen) atoms. The van der Waals surface area contributed by atoms with Crippen molar-refractivity contribution in [3.8, 4) is 0 Å². The molecule has 0 unspecified atom stereocenters. The van der Waals surface area contributed by atoms with Crippen molar-refractivity contribution in [2.75, 3.05) is 13.1 Å². The lowest BCUT2D eigenvalue weighted by Gasteiger charge is -2.21. The molecule has 0 radical (unpaired) electrons. The van der Waals surface area contributed by atoms with E-state index in [2.05, 4.69) is 31.5 Å². The fourth-order valence-corrected chi connectivity index (χ4v) is 3.31. The maximum atomic E-state index is 4.77. The second kappa shape index (κ2) is 5.49. The van der Waals surface area contributed by atoms with Gasteiger partial charge in [0.2, 0.25) is 0 Å². The highest BCUT2D eigenvalue weighted by atomic mass is 32.1. The van der Waals surface area contributed by atoms with Crippen molar-refractivity contribution in [1.82, 2.24) is 10.3 Å². The smallest absolute Gasteiger partial charge is 0.0928 e. The van der Waals surface area contributed by atoms with E-state index in [-0.39, 0.29) is 5.41 Å². The van der Waals surface area contributed by atoms with Gasteiger partial charge in [0.05, 0.1) is 10.7 Å². The van der Waals surface area contributed by atoms with Crippen molar-refractivity contribution in [2.24, 2.45) is 5.92 Å². The number of hydrogen-bond donors (Lipinski definition) is 1. The molecular weight excluding hydrogens is 228 g/mol. The Morgan fingerprint density at radius 1 is 1.35 bits per heavy atom. The fourth-order valence-electron chi connectivity index (χ4n) is 2.27. The highest BCUT2D eigenvalue weighted by Gasteiger charge is 2.18. The summed E-state index contributed by atoms with van der Waals surface area (Å²) in [6, 6.07) is 0. The summed E-state index contributed by atoms with van der Waals surface area (Å²) in [7, 11) is 0. The summed E-state index contributed by atoms with van der Waals surface area (Å²) in [6.45, 7) is 9.11. The first-order chi connectivity index (χ1) is 8.05. The summed E-state index contributed by atoms with van der Waals surface area (Å²) in [5.74, 6) is 0.915. The molecule has 2 nitrogen and oxygen atoms in total. The van der Waals surface area contributed by atoms with E-state index in [1.807, 2.05) is 11.3 Å². The Balaban J connectivity index is 1.84. The van der Waals surface area contributed by atoms with Gasteiger partial charge in [-0.05, 0) is 44.7 Å². The molecule has 2 rings (SSSR count). The van der Waals surface area contributed by atoms with E-state index in [9.17, 15) is 0 Å². The third kappa shape index (κ3) is 3.78. The van der Waals surface area contributed by atoms with Gasteiger partial charge >= 0.3 is 0 Å². The lowest BCUT2D eigenvalue weighted by Crippen LogP contribution is -2.27. The van der Waals surface area contributed by atoms with Gasteiger partial charge in [-0.15, -0.1) is 11.3 Å². The van der Waals surface area contributed by atoms with Crippen LogP contribution in [-0.4, -0.2) is 18.1 Å². The van der Waals surface area contributed by atoms with E-state index in [0.29, 0.717) is 0 Å². The van der Waals surface area contributed by atoms with Crippen molar-refractivity contribution in [3.05, 3.63) is 16.1 Å². The summed E-state index contributed by atoms with van der Waals surface area (Å²) in [5, 5.41) is 6.99. The second-order valence-corrected chi connectivity index (χ2v) is 7.05. The minimum atomic E-state index is 0.198. The molecule has 1 fully saturated rings. The SMILES string of the molecule is CC(C)(C)c1csc(CCC2CCNCC2)n1. The summed E-state index contributed by atoms with van der Waals surface area (Å²) >= 11 is 1.84. The molecular formula is C14H24N2S. The zero-order valence-corrected chi connectivity index (χ0v) is 12.1. The van der Waals surface area contributed by atoms with Crippen LogP contribution in [0.5, 0.6) is 0 Å². The number of piperidine rings is 1. The molecule has 0 aliphatic carbocycles. The number of rotatable bonds is 3. The highest BCUT2D eigenvalue weighted by Crippen LogP contribution is 2.26. The normalized spacial score (nSPS) is 18.5. The molecule has 1 aromatic rings. The second-order valence-electron chi connectivity index (χ2n) is 6.11. The summed E-state index contributed by atoms with van der Waals surface area (Å²) in [6.07, 6.45) is 5.18. The quantitative estimate of drug-likeness (QED) is 0.892. The van der Waals surface area contributed by atoms with Crippen LogP contribution in [0, 0.1) is 5.92 Å². The summed E-state index contributed by atoms with van der Waals surface area (Å²) in [4.78, 5) is 4.77. The van der Waals surface area contributed by atoms with Gasteiger partial charge in [-0.3, -0.25) is 0 Å². The summed E-state index contributed by atoms with van der Waals surface area (Å²) < 4.78 is 0. The molecule has 96 valence electrons. The minimum Gasteiger partial charge on any atom is -0.317 e. The third-order valence-electron chi connectivity index (χ3n) is 3.55. The van der Waals surface area contributed by atoms with Gasteiger partial charge in [0.15, 0.2) is 0 Å². The minimum absolute atomic E-state index is 0.198. The average Bonchev–Trinajstić information content (AvgIpc) is 2.76. The first kappa shape index (κ1) is 13.0. The maximum Gasteiger partial charge on any atom is 0.0928 e. The largest absolute Gasteiger partial charge is 0.317 e. The van der Waals surface area contributed by atoms with Gasteiger partial charge in [-0.1, -0.05) is 20.8 Å². The highest BCUT2D eigenvalue weighted by molar-refractivity contribution is 7.09. The van der Waals surface area contributed by atoms with E-state index in [0.717, 1.165) is 5.92 Å². The van der Waals surface area contributed by atoms with Crippen LogP contribution in [0.4, 0.5) is 0 Å². The molecule has 0 aromatic carbocycles. The van der Waals surface area contributed by atoms with Crippen molar-refractivity contribution in [3.63, 3.8) is 0 Å². The van der Waals surface area contributed by atoms with Crippen LogP contribution in [-0.2, 0) is 11.8 Å². The first-order valence-corrected chi connectivity index (χ1v) is 7.59. The Morgan fingerprint density at radius 3 is 2.65 bits per heavy atom. The van der Waals surface area contributed by atoms with Crippen molar-refractivity contribution in [1.29, 1.82) is 0 Å². The molecule has 2 heterocycles. The van der Waals surface area contributed by atoms with E-state index in [4.69, 9.17) is 4.98 Å². The van der Waals surface area contributed by atoms with E-state index in [1.165, 1.54) is 49.5 Å². The number of aryl methyl sites for hydroxylation is 1. The fraction of sp³-hybridized carbons (Fsp3) is 0.786. The standard InChI is InChI=1S/C14H24N2S/c1-14(2,3)12-10-17-13(16-12)5-4-11-6-8-15-9-7-11/h10-11,15H,4-9H2,1-3H3. The lowest BCUT2D eigenvalue weighted by molar-refractivity contribution is 0.354.